The van der Waals surface area contributed by atoms with Crippen molar-refractivity contribution in [2.24, 2.45) is 0 Å². The van der Waals surface area contributed by atoms with Crippen LogP contribution in [0.3, 0.4) is 0 Å². The van der Waals surface area contributed by atoms with Crippen LogP contribution in [-0.2, 0) is 16.4 Å². The molecule has 3 heterocycles. The lowest BCUT2D eigenvalue weighted by Gasteiger charge is -2.12. The molecule has 0 aromatic carbocycles. The highest BCUT2D eigenvalue weighted by atomic mass is 35.5. The number of anilines is 1. The lowest BCUT2D eigenvalue weighted by molar-refractivity contribution is 0.147. The minimum Gasteiger partial charge on any atom is -0.481 e. The van der Waals surface area contributed by atoms with Crippen molar-refractivity contribution in [1.29, 1.82) is 0 Å². The van der Waals surface area contributed by atoms with Gasteiger partial charge in [0.05, 0.1) is 13.3 Å². The number of hydrogen-bond acceptors (Lipinski definition) is 5. The fourth-order valence-corrected chi connectivity index (χ4v) is 3.64. The molecule has 7 nitrogen and oxygen atoms in total. The third kappa shape index (κ3) is 3.93. The van der Waals surface area contributed by atoms with E-state index < -0.39 is 34.5 Å². The maximum absolute atomic E-state index is 14.2. The van der Waals surface area contributed by atoms with Crippen LogP contribution in [0.2, 0.25) is 5.02 Å². The molecule has 0 saturated carbocycles. The van der Waals surface area contributed by atoms with E-state index in [4.69, 9.17) is 16.3 Å². The monoisotopic (exact) mass is 420 g/mol. The molecule has 3 aromatic rings. The zero-order valence-corrected chi connectivity index (χ0v) is 15.2. The van der Waals surface area contributed by atoms with Crippen LogP contribution in [0, 0.1) is 5.82 Å². The highest BCUT2D eigenvalue weighted by molar-refractivity contribution is 7.92. The van der Waals surface area contributed by atoms with Gasteiger partial charge in [0.25, 0.3) is 10.0 Å². The quantitative estimate of drug-likeness (QED) is 0.662. The molecule has 0 atom stereocenters. The van der Waals surface area contributed by atoms with Gasteiger partial charge in [0.1, 0.15) is 5.65 Å². The first kappa shape index (κ1) is 19.2. The molecule has 0 aliphatic carbocycles. The van der Waals surface area contributed by atoms with Gasteiger partial charge in [0.15, 0.2) is 16.7 Å². The molecule has 0 radical (unpaired) electrons. The van der Waals surface area contributed by atoms with E-state index in [0.29, 0.717) is 5.02 Å². The third-order valence-corrected chi connectivity index (χ3v) is 5.08. The van der Waals surface area contributed by atoms with Gasteiger partial charge in [-0.25, -0.2) is 18.2 Å². The molecule has 0 bridgehead atoms. The van der Waals surface area contributed by atoms with Crippen LogP contribution in [0.4, 0.5) is 19.0 Å². The first-order valence-corrected chi connectivity index (χ1v) is 9.24. The third-order valence-electron chi connectivity index (χ3n) is 3.53. The number of hydrogen-bond donors (Lipinski definition) is 1. The molecule has 0 spiro atoms. The number of methoxy groups -OCH3 is 1. The number of sulfonamides is 1. The first-order valence-electron chi connectivity index (χ1n) is 7.38. The summed E-state index contributed by atoms with van der Waals surface area (Å²) in [6.07, 6.45) is -1.08. The second-order valence-corrected chi connectivity index (χ2v) is 7.42. The second-order valence-electron chi connectivity index (χ2n) is 5.36. The number of rotatable bonds is 6. The molecule has 1 N–H and O–H groups in total. The number of pyridine rings is 2. The van der Waals surface area contributed by atoms with Crippen LogP contribution in [0.5, 0.6) is 5.88 Å². The standard InChI is InChI=1S/C15H12ClF3N4O3S/c1-26-15-8(5-11(18)19)4-10(17)14(21-15)22-27(24,25)13-7-20-12-6-9(16)2-3-23(12)13/h2-4,6-7,11H,5H2,1H3,(H,21,22). The fraction of sp³-hybridized carbons (Fsp3) is 0.200. The first-order chi connectivity index (χ1) is 12.7. The van der Waals surface area contributed by atoms with Gasteiger partial charge in [-0.2, -0.15) is 13.4 Å². The molecule has 144 valence electrons. The van der Waals surface area contributed by atoms with Gasteiger partial charge in [-0.3, -0.25) is 9.12 Å². The van der Waals surface area contributed by atoms with Crippen molar-refractivity contribution >= 4 is 33.1 Å². The molecule has 3 aromatic heterocycles. The van der Waals surface area contributed by atoms with Crippen LogP contribution < -0.4 is 9.46 Å². The van der Waals surface area contributed by atoms with Crippen LogP contribution in [0.1, 0.15) is 5.56 Å². The molecule has 0 aliphatic heterocycles. The van der Waals surface area contributed by atoms with Crippen molar-refractivity contribution in [3.05, 3.63) is 47.0 Å². The molecule has 0 saturated heterocycles. The van der Waals surface area contributed by atoms with Crippen LogP contribution >= 0.6 is 11.6 Å². The summed E-state index contributed by atoms with van der Waals surface area (Å²) in [7, 11) is -3.14. The molecule has 0 aliphatic rings. The van der Waals surface area contributed by atoms with Crippen LogP contribution in [0.25, 0.3) is 5.65 Å². The summed E-state index contributed by atoms with van der Waals surface area (Å²) in [6, 6.07) is 3.65. The van der Waals surface area contributed by atoms with Crippen LogP contribution in [-0.4, -0.2) is 36.3 Å². The Bertz CT molecular complexity index is 1110. The van der Waals surface area contributed by atoms with Gasteiger partial charge >= 0.3 is 0 Å². The maximum atomic E-state index is 14.2. The normalized spacial score (nSPS) is 11.9. The van der Waals surface area contributed by atoms with Gasteiger partial charge in [-0.05, 0) is 12.1 Å². The van der Waals surface area contributed by atoms with E-state index in [9.17, 15) is 21.6 Å². The van der Waals surface area contributed by atoms with E-state index in [1.807, 2.05) is 4.72 Å². The number of fused-ring (bicyclic) bond motifs is 1. The zero-order valence-electron chi connectivity index (χ0n) is 13.7. The summed E-state index contributed by atoms with van der Waals surface area (Å²) < 4.78 is 72.6. The molecule has 12 heteroatoms. The summed E-state index contributed by atoms with van der Waals surface area (Å²) in [6.45, 7) is 0. The van der Waals surface area contributed by atoms with Crippen molar-refractivity contribution in [3.63, 3.8) is 0 Å². The number of imidazole rings is 1. The number of nitrogens with one attached hydrogen (secondary N) is 1. The predicted octanol–water partition coefficient (Wildman–Crippen LogP) is 3.14. The Morgan fingerprint density at radius 2 is 2.11 bits per heavy atom. The molecule has 0 amide bonds. The number of aromatic nitrogens is 3. The van der Waals surface area contributed by atoms with Crippen molar-refractivity contribution in [2.75, 3.05) is 11.8 Å². The SMILES string of the molecule is COc1nc(NS(=O)(=O)c2cnc3cc(Cl)ccn23)c(F)cc1CC(F)F. The number of nitrogens with zero attached hydrogens (tertiary/aromatic N) is 3. The van der Waals surface area contributed by atoms with Crippen molar-refractivity contribution in [2.45, 2.75) is 17.9 Å². The summed E-state index contributed by atoms with van der Waals surface area (Å²) in [5.41, 5.74) is 0.0820. The Morgan fingerprint density at radius 3 is 2.78 bits per heavy atom. The number of alkyl halides is 2. The largest absolute Gasteiger partial charge is 0.481 e. The maximum Gasteiger partial charge on any atom is 0.280 e. The highest BCUT2D eigenvalue weighted by Gasteiger charge is 2.24. The smallest absolute Gasteiger partial charge is 0.280 e. The lowest BCUT2D eigenvalue weighted by atomic mass is 10.2. The zero-order chi connectivity index (χ0) is 19.8. The van der Waals surface area contributed by atoms with Gasteiger partial charge in [-0.1, -0.05) is 11.6 Å². The second kappa shape index (κ2) is 7.24. The minimum absolute atomic E-state index is 0.183. The summed E-state index contributed by atoms with van der Waals surface area (Å²) in [4.78, 5) is 7.59. The van der Waals surface area contributed by atoms with Crippen molar-refractivity contribution in [3.8, 4) is 5.88 Å². The van der Waals surface area contributed by atoms with E-state index in [2.05, 4.69) is 9.97 Å². The lowest BCUT2D eigenvalue weighted by Crippen LogP contribution is -2.17. The Morgan fingerprint density at radius 1 is 1.37 bits per heavy atom. The Balaban J connectivity index is 2.00. The minimum atomic E-state index is -4.29. The molecule has 0 unspecified atom stereocenters. The van der Waals surface area contributed by atoms with Crippen LogP contribution in [0.15, 0.2) is 35.6 Å². The van der Waals surface area contributed by atoms with E-state index in [1.54, 1.807) is 0 Å². The van der Waals surface area contributed by atoms with E-state index >= 15 is 0 Å². The van der Waals surface area contributed by atoms with Crippen molar-refractivity contribution < 1.29 is 26.3 Å². The highest BCUT2D eigenvalue weighted by Crippen LogP contribution is 2.26. The Kier molecular flexibility index (Phi) is 5.16. The molecular formula is C15H12ClF3N4O3S. The number of halogens is 4. The summed E-state index contributed by atoms with van der Waals surface area (Å²) in [5.74, 6) is -2.11. The Hall–Kier alpha value is -2.53. The topological polar surface area (TPSA) is 85.6 Å². The number of ether oxygens (including phenoxy) is 1. The van der Waals surface area contributed by atoms with Crippen molar-refractivity contribution in [1.82, 2.24) is 14.4 Å². The van der Waals surface area contributed by atoms with Gasteiger partial charge < -0.3 is 4.74 Å². The molecule has 0 fully saturated rings. The molecule has 3 rings (SSSR count). The van der Waals surface area contributed by atoms with Gasteiger partial charge in [0.2, 0.25) is 12.3 Å². The fourth-order valence-electron chi connectivity index (χ4n) is 2.38. The van der Waals surface area contributed by atoms with Gasteiger partial charge in [0, 0.05) is 29.3 Å². The van der Waals surface area contributed by atoms with E-state index in [0.717, 1.165) is 19.4 Å². The van der Waals surface area contributed by atoms with Gasteiger partial charge in [-0.15, -0.1) is 0 Å². The van der Waals surface area contributed by atoms with E-state index in [1.165, 1.54) is 22.7 Å². The predicted molar refractivity (Wildman–Crippen MR) is 91.5 cm³/mol. The Labute approximate surface area is 156 Å². The summed E-state index contributed by atoms with van der Waals surface area (Å²) in [5, 5.41) is 0.0723. The molecular weight excluding hydrogens is 409 g/mol. The molecule has 27 heavy (non-hydrogen) atoms. The average molecular weight is 421 g/mol. The summed E-state index contributed by atoms with van der Waals surface area (Å²) >= 11 is 5.83. The van der Waals surface area contributed by atoms with E-state index in [-0.39, 0.29) is 22.1 Å². The average Bonchev–Trinajstić information content (AvgIpc) is 3.00.